The van der Waals surface area contributed by atoms with Crippen molar-refractivity contribution in [1.29, 1.82) is 0 Å². The lowest BCUT2D eigenvalue weighted by Gasteiger charge is -2.11. The molecule has 3 aromatic rings. The Balaban J connectivity index is 1.58. The van der Waals surface area contributed by atoms with E-state index in [1.165, 1.54) is 0 Å². The summed E-state index contributed by atoms with van der Waals surface area (Å²) in [6, 6.07) is 13.4. The number of carbonyl (C=O) groups excluding carboxylic acids is 2. The highest BCUT2D eigenvalue weighted by atomic mass is 16.2. The smallest absolute Gasteiger partial charge is 0.253 e. The Morgan fingerprint density at radius 1 is 1.14 bits per heavy atom. The number of fused-ring (bicyclic) bond motifs is 1. The van der Waals surface area contributed by atoms with Gasteiger partial charge in [-0.3, -0.25) is 14.6 Å². The Hall–Kier alpha value is -3.67. The van der Waals surface area contributed by atoms with Crippen LogP contribution in [0.4, 0.5) is 5.69 Å². The summed E-state index contributed by atoms with van der Waals surface area (Å²) in [5.74, 6) is -0.144. The van der Waals surface area contributed by atoms with Crippen LogP contribution in [0.15, 0.2) is 60.3 Å². The molecule has 0 radical (unpaired) electrons. The molecule has 2 aromatic heterocycles. The first-order chi connectivity index (χ1) is 14.0. The maximum Gasteiger partial charge on any atom is 0.253 e. The van der Waals surface area contributed by atoms with Crippen molar-refractivity contribution in [1.82, 2.24) is 15.3 Å². The second kappa shape index (κ2) is 7.75. The van der Waals surface area contributed by atoms with E-state index >= 15 is 0 Å². The van der Waals surface area contributed by atoms with Gasteiger partial charge in [0.05, 0.1) is 11.3 Å². The molecule has 146 valence electrons. The lowest BCUT2D eigenvalue weighted by Crippen LogP contribution is -2.31. The Labute approximate surface area is 169 Å². The van der Waals surface area contributed by atoms with Crippen LogP contribution < -0.4 is 10.6 Å². The molecule has 0 fully saturated rings. The van der Waals surface area contributed by atoms with E-state index < -0.39 is 0 Å². The summed E-state index contributed by atoms with van der Waals surface area (Å²) in [5.41, 5.74) is 6.73. The highest BCUT2D eigenvalue weighted by Gasteiger charge is 2.20. The fraction of sp³-hybridized carbons (Fsp3) is 0.174. The van der Waals surface area contributed by atoms with Gasteiger partial charge < -0.3 is 15.6 Å². The zero-order valence-electron chi connectivity index (χ0n) is 16.4. The van der Waals surface area contributed by atoms with Crippen LogP contribution in [-0.4, -0.2) is 28.3 Å². The first kappa shape index (κ1) is 18.7. The van der Waals surface area contributed by atoms with Gasteiger partial charge in [-0.25, -0.2) is 0 Å². The van der Waals surface area contributed by atoms with Crippen LogP contribution in [0.25, 0.3) is 22.5 Å². The van der Waals surface area contributed by atoms with Crippen LogP contribution in [0.2, 0.25) is 0 Å². The normalized spacial score (nSPS) is 13.6. The molecule has 3 heterocycles. The van der Waals surface area contributed by atoms with Crippen molar-refractivity contribution in [2.75, 3.05) is 11.9 Å². The van der Waals surface area contributed by atoms with E-state index in [2.05, 4.69) is 20.6 Å². The molecule has 29 heavy (non-hydrogen) atoms. The molecule has 6 nitrogen and oxygen atoms in total. The van der Waals surface area contributed by atoms with Crippen molar-refractivity contribution in [3.8, 4) is 22.5 Å². The maximum atomic E-state index is 12.0. The number of anilines is 1. The number of nitrogens with one attached hydrogen (secondary N) is 3. The van der Waals surface area contributed by atoms with Crippen LogP contribution >= 0.6 is 0 Å². The number of aromatic amines is 1. The van der Waals surface area contributed by atoms with Gasteiger partial charge in [0.25, 0.3) is 11.8 Å². The average molecular weight is 386 g/mol. The van der Waals surface area contributed by atoms with Gasteiger partial charge in [0, 0.05) is 52.9 Å². The lowest BCUT2D eigenvalue weighted by molar-refractivity contribution is -0.112. The number of carbonyl (C=O) groups is 2. The number of aromatic nitrogens is 2. The number of rotatable bonds is 4. The van der Waals surface area contributed by atoms with Gasteiger partial charge in [-0.05, 0) is 44.2 Å². The third-order valence-corrected chi connectivity index (χ3v) is 5.11. The zero-order chi connectivity index (χ0) is 20.4. The molecule has 6 heteroatoms. The van der Waals surface area contributed by atoms with Gasteiger partial charge in [-0.1, -0.05) is 18.2 Å². The molecule has 4 rings (SSSR count). The Bertz CT molecular complexity index is 1110. The molecule has 0 unspecified atom stereocenters. The number of nitrogens with zero attached hydrogens (tertiary/aromatic N) is 1. The Kier molecular flexibility index (Phi) is 4.99. The molecular weight excluding hydrogens is 364 g/mol. The number of allylic oxidation sites excluding steroid dienone is 1. The van der Waals surface area contributed by atoms with Crippen molar-refractivity contribution in [3.63, 3.8) is 0 Å². The fourth-order valence-electron chi connectivity index (χ4n) is 3.29. The van der Waals surface area contributed by atoms with Crippen molar-refractivity contribution in [2.45, 2.75) is 20.3 Å². The molecule has 0 aliphatic carbocycles. The Morgan fingerprint density at radius 3 is 2.66 bits per heavy atom. The third kappa shape index (κ3) is 3.82. The van der Waals surface area contributed by atoms with Crippen LogP contribution in [-0.2, 0) is 11.2 Å². The van der Waals surface area contributed by atoms with Crippen molar-refractivity contribution in [2.24, 2.45) is 0 Å². The summed E-state index contributed by atoms with van der Waals surface area (Å²) < 4.78 is 0. The van der Waals surface area contributed by atoms with Gasteiger partial charge in [-0.15, -0.1) is 0 Å². The summed E-state index contributed by atoms with van der Waals surface area (Å²) in [6.45, 7) is 4.27. The van der Waals surface area contributed by atoms with Crippen LogP contribution in [0.1, 0.15) is 29.9 Å². The lowest BCUT2D eigenvalue weighted by atomic mass is 10.1. The van der Waals surface area contributed by atoms with Crippen LogP contribution in [0.3, 0.4) is 0 Å². The summed E-state index contributed by atoms with van der Waals surface area (Å²) in [4.78, 5) is 31.8. The molecule has 2 amide bonds. The second-order valence-electron chi connectivity index (χ2n) is 7.01. The van der Waals surface area contributed by atoms with Gasteiger partial charge in [0.15, 0.2) is 0 Å². The molecule has 1 aromatic carbocycles. The fourth-order valence-corrected chi connectivity index (χ4v) is 3.29. The maximum absolute atomic E-state index is 12.0. The predicted octanol–water partition coefficient (Wildman–Crippen LogP) is 3.93. The number of pyridine rings is 1. The number of amides is 2. The minimum Gasteiger partial charge on any atom is -0.358 e. The highest BCUT2D eigenvalue weighted by molar-refractivity contribution is 6.03. The average Bonchev–Trinajstić information content (AvgIpc) is 3.19. The molecule has 3 N–H and O–H groups in total. The number of benzene rings is 1. The SMILES string of the molecule is C/C=C(\C)C(=O)Nc1ccc(-c2cc(-c3cc4c([nH]3)CCNC4=O)ccn2)cc1. The van der Waals surface area contributed by atoms with E-state index in [4.69, 9.17) is 0 Å². The number of H-pyrrole nitrogens is 1. The molecule has 0 spiro atoms. The van der Waals surface area contributed by atoms with Crippen molar-refractivity contribution in [3.05, 3.63) is 71.6 Å². The Morgan fingerprint density at radius 2 is 1.93 bits per heavy atom. The predicted molar refractivity (Wildman–Crippen MR) is 114 cm³/mol. The van der Waals surface area contributed by atoms with Gasteiger partial charge in [0.2, 0.25) is 0 Å². The standard InChI is InChI=1S/C23H22N4O2/c1-3-14(2)22(28)26-17-6-4-15(5-7-17)20-12-16(8-10-24-20)21-13-18-19(27-21)9-11-25-23(18)29/h3-8,10,12-13,27H,9,11H2,1-2H3,(H,25,29)(H,26,28)/b14-3+. The quantitative estimate of drug-likeness (QED) is 0.594. The van der Waals surface area contributed by atoms with E-state index in [1.54, 1.807) is 19.2 Å². The molecular formula is C23H22N4O2. The van der Waals surface area contributed by atoms with Crippen LogP contribution in [0.5, 0.6) is 0 Å². The van der Waals surface area contributed by atoms with Crippen molar-refractivity contribution >= 4 is 17.5 Å². The second-order valence-corrected chi connectivity index (χ2v) is 7.01. The minimum atomic E-state index is -0.111. The summed E-state index contributed by atoms with van der Waals surface area (Å²) >= 11 is 0. The largest absolute Gasteiger partial charge is 0.358 e. The highest BCUT2D eigenvalue weighted by Crippen LogP contribution is 2.27. The van der Waals surface area contributed by atoms with Crippen LogP contribution in [0, 0.1) is 0 Å². The van der Waals surface area contributed by atoms with E-state index in [1.807, 2.05) is 49.4 Å². The van der Waals surface area contributed by atoms with Gasteiger partial charge in [-0.2, -0.15) is 0 Å². The molecule has 1 aliphatic rings. The molecule has 0 atom stereocenters. The topological polar surface area (TPSA) is 86.9 Å². The number of hydrogen-bond acceptors (Lipinski definition) is 3. The molecule has 0 bridgehead atoms. The van der Waals surface area contributed by atoms with Gasteiger partial charge in [0.1, 0.15) is 0 Å². The third-order valence-electron chi connectivity index (χ3n) is 5.11. The molecule has 0 saturated carbocycles. The first-order valence-corrected chi connectivity index (χ1v) is 9.56. The summed E-state index contributed by atoms with van der Waals surface area (Å²) in [7, 11) is 0. The zero-order valence-corrected chi connectivity index (χ0v) is 16.4. The van der Waals surface area contributed by atoms with E-state index in [0.717, 1.165) is 40.3 Å². The monoisotopic (exact) mass is 386 g/mol. The molecule has 0 saturated heterocycles. The number of hydrogen-bond donors (Lipinski definition) is 3. The summed E-state index contributed by atoms with van der Waals surface area (Å²) in [6.07, 6.45) is 4.34. The minimum absolute atomic E-state index is 0.0335. The van der Waals surface area contributed by atoms with Crippen molar-refractivity contribution < 1.29 is 9.59 Å². The van der Waals surface area contributed by atoms with E-state index in [-0.39, 0.29) is 11.8 Å². The van der Waals surface area contributed by atoms with E-state index in [9.17, 15) is 9.59 Å². The molecule has 1 aliphatic heterocycles. The first-order valence-electron chi connectivity index (χ1n) is 9.56. The summed E-state index contributed by atoms with van der Waals surface area (Å²) in [5, 5.41) is 5.73. The van der Waals surface area contributed by atoms with Gasteiger partial charge >= 0.3 is 0 Å². The van der Waals surface area contributed by atoms with E-state index in [0.29, 0.717) is 17.7 Å².